The van der Waals surface area contributed by atoms with Crippen LogP contribution in [-0.4, -0.2) is 27.1 Å². The summed E-state index contributed by atoms with van der Waals surface area (Å²) in [6.07, 6.45) is 5.03. The van der Waals surface area contributed by atoms with Crippen molar-refractivity contribution in [1.82, 2.24) is 9.97 Å². The van der Waals surface area contributed by atoms with Crippen molar-refractivity contribution in [2.45, 2.75) is 6.10 Å². The molecule has 1 atom stereocenters. The third-order valence-electron chi connectivity index (χ3n) is 1.63. The molecule has 0 aliphatic carbocycles. The van der Waals surface area contributed by atoms with Crippen LogP contribution in [0.15, 0.2) is 18.6 Å². The summed E-state index contributed by atoms with van der Waals surface area (Å²) >= 11 is 0. The van der Waals surface area contributed by atoms with Crippen molar-refractivity contribution < 1.29 is 14.6 Å². The molecule has 5 nitrogen and oxygen atoms in total. The zero-order chi connectivity index (χ0) is 9.26. The fourth-order valence-electron chi connectivity index (χ4n) is 1.03. The molecule has 0 amide bonds. The number of rotatable bonds is 1. The number of carboxylic acid groups (broad SMARTS) is 1. The first-order valence-corrected chi connectivity index (χ1v) is 3.65. The van der Waals surface area contributed by atoms with Crippen LogP contribution in [0.1, 0.15) is 5.56 Å². The van der Waals surface area contributed by atoms with E-state index in [4.69, 9.17) is 9.84 Å². The van der Waals surface area contributed by atoms with Gasteiger partial charge in [0.05, 0.1) is 5.56 Å². The average Bonchev–Trinajstić information content (AvgIpc) is 2.17. The summed E-state index contributed by atoms with van der Waals surface area (Å²) in [5.41, 5.74) is 0.694. The second-order valence-electron chi connectivity index (χ2n) is 2.52. The van der Waals surface area contributed by atoms with Gasteiger partial charge in [-0.2, -0.15) is 0 Å². The lowest BCUT2D eigenvalue weighted by Crippen LogP contribution is -2.27. The number of carbonyl (C=O) groups is 1. The van der Waals surface area contributed by atoms with Crippen molar-refractivity contribution in [1.29, 1.82) is 0 Å². The van der Waals surface area contributed by atoms with Gasteiger partial charge >= 0.3 is 5.97 Å². The molecule has 1 N–H and O–H groups in total. The molecule has 2 heterocycles. The Kier molecular flexibility index (Phi) is 1.70. The molecule has 13 heavy (non-hydrogen) atoms. The Labute approximate surface area is 73.7 Å². The van der Waals surface area contributed by atoms with E-state index >= 15 is 0 Å². The lowest BCUT2D eigenvalue weighted by Gasteiger charge is -2.15. The maximum atomic E-state index is 10.5. The molecule has 1 aromatic rings. The molecule has 1 aliphatic heterocycles. The predicted octanol–water partition coefficient (Wildman–Crippen LogP) is 0.335. The molecule has 0 saturated carbocycles. The number of hydrogen-bond donors (Lipinski definition) is 1. The fraction of sp³-hybridized carbons (Fsp3) is 0.125. The number of aliphatic carboxylic acids is 1. The number of carboxylic acids is 1. The minimum Gasteiger partial charge on any atom is -0.478 e. The molecule has 0 fully saturated rings. The Hall–Kier alpha value is -1.91. The number of aromatic nitrogens is 2. The third-order valence-corrected chi connectivity index (χ3v) is 1.63. The summed E-state index contributed by atoms with van der Waals surface area (Å²) in [4.78, 5) is 18.1. The van der Waals surface area contributed by atoms with Crippen LogP contribution in [0.3, 0.4) is 0 Å². The van der Waals surface area contributed by atoms with E-state index in [-0.39, 0.29) is 0 Å². The van der Waals surface area contributed by atoms with Gasteiger partial charge in [-0.3, -0.25) is 0 Å². The number of ether oxygens (including phenoxy) is 1. The molecule has 1 aliphatic rings. The first kappa shape index (κ1) is 7.72. The van der Waals surface area contributed by atoms with E-state index in [9.17, 15) is 4.79 Å². The standard InChI is InChI=1S/C8H6N2O3/c11-8(12)6-2-1-5-3-9-4-10-7(5)13-6/h1-4,6H,(H,11,12). The van der Waals surface area contributed by atoms with Gasteiger partial charge in [-0.1, -0.05) is 0 Å². The van der Waals surface area contributed by atoms with Crippen LogP contribution in [0.4, 0.5) is 0 Å². The average molecular weight is 178 g/mol. The van der Waals surface area contributed by atoms with Gasteiger partial charge in [-0.05, 0) is 12.2 Å². The first-order chi connectivity index (χ1) is 6.27. The minimum absolute atomic E-state index is 0.310. The van der Waals surface area contributed by atoms with Crippen LogP contribution in [0.5, 0.6) is 5.88 Å². The Morgan fingerprint density at radius 2 is 2.46 bits per heavy atom. The van der Waals surface area contributed by atoms with E-state index in [1.54, 1.807) is 12.3 Å². The highest BCUT2D eigenvalue weighted by molar-refractivity contribution is 5.78. The van der Waals surface area contributed by atoms with Gasteiger partial charge in [0.25, 0.3) is 0 Å². The van der Waals surface area contributed by atoms with E-state index in [0.717, 1.165) is 0 Å². The highest BCUT2D eigenvalue weighted by Gasteiger charge is 2.21. The van der Waals surface area contributed by atoms with E-state index in [1.807, 2.05) is 0 Å². The molecule has 66 valence electrons. The smallest absolute Gasteiger partial charge is 0.349 e. The van der Waals surface area contributed by atoms with E-state index < -0.39 is 12.1 Å². The van der Waals surface area contributed by atoms with Crippen molar-refractivity contribution in [3.63, 3.8) is 0 Å². The summed E-state index contributed by atoms with van der Waals surface area (Å²) in [6, 6.07) is 0. The largest absolute Gasteiger partial charge is 0.478 e. The zero-order valence-electron chi connectivity index (χ0n) is 6.54. The zero-order valence-corrected chi connectivity index (χ0v) is 6.54. The van der Waals surface area contributed by atoms with Gasteiger partial charge in [0.2, 0.25) is 12.0 Å². The Morgan fingerprint density at radius 1 is 1.62 bits per heavy atom. The number of hydrogen-bond acceptors (Lipinski definition) is 4. The molecule has 1 unspecified atom stereocenters. The SMILES string of the molecule is O=C(O)C1C=Cc2cncnc2O1. The van der Waals surface area contributed by atoms with Crippen molar-refractivity contribution >= 4 is 12.0 Å². The summed E-state index contributed by atoms with van der Waals surface area (Å²) in [6.45, 7) is 0. The molecule has 0 bridgehead atoms. The van der Waals surface area contributed by atoms with E-state index in [1.165, 1.54) is 12.4 Å². The minimum atomic E-state index is -1.03. The van der Waals surface area contributed by atoms with Crippen LogP contribution in [0.2, 0.25) is 0 Å². The Morgan fingerprint density at radius 3 is 3.23 bits per heavy atom. The molecule has 0 aromatic carbocycles. The maximum absolute atomic E-state index is 10.5. The molecule has 0 radical (unpaired) electrons. The molecular weight excluding hydrogens is 172 g/mol. The van der Waals surface area contributed by atoms with E-state index in [2.05, 4.69) is 9.97 Å². The number of fused-ring (bicyclic) bond motifs is 1. The lowest BCUT2D eigenvalue weighted by molar-refractivity contribution is -0.143. The molecule has 0 saturated heterocycles. The normalized spacial score (nSPS) is 18.9. The topological polar surface area (TPSA) is 72.3 Å². The lowest BCUT2D eigenvalue weighted by atomic mass is 10.2. The second-order valence-corrected chi connectivity index (χ2v) is 2.52. The number of nitrogens with zero attached hydrogens (tertiary/aromatic N) is 2. The van der Waals surface area contributed by atoms with Crippen LogP contribution in [-0.2, 0) is 4.79 Å². The van der Waals surface area contributed by atoms with Crippen molar-refractivity contribution in [2.75, 3.05) is 0 Å². The van der Waals surface area contributed by atoms with Crippen molar-refractivity contribution in [2.24, 2.45) is 0 Å². The van der Waals surface area contributed by atoms with Gasteiger partial charge in [-0.15, -0.1) is 0 Å². The Balaban J connectivity index is 2.34. The monoisotopic (exact) mass is 178 g/mol. The summed E-state index contributed by atoms with van der Waals surface area (Å²) in [5, 5.41) is 8.64. The Bertz CT molecular complexity index is 375. The van der Waals surface area contributed by atoms with Crippen LogP contribution in [0, 0.1) is 0 Å². The van der Waals surface area contributed by atoms with Crippen LogP contribution in [0.25, 0.3) is 6.08 Å². The fourth-order valence-corrected chi connectivity index (χ4v) is 1.03. The van der Waals surface area contributed by atoms with E-state index in [0.29, 0.717) is 11.4 Å². The van der Waals surface area contributed by atoms with Gasteiger partial charge in [0.15, 0.2) is 0 Å². The summed E-state index contributed by atoms with van der Waals surface area (Å²) < 4.78 is 5.06. The third kappa shape index (κ3) is 1.35. The van der Waals surface area contributed by atoms with Gasteiger partial charge < -0.3 is 9.84 Å². The van der Waals surface area contributed by atoms with Gasteiger partial charge in [0, 0.05) is 6.20 Å². The van der Waals surface area contributed by atoms with Gasteiger partial charge in [0.1, 0.15) is 6.33 Å². The highest BCUT2D eigenvalue weighted by Crippen LogP contribution is 2.21. The van der Waals surface area contributed by atoms with Crippen LogP contribution >= 0.6 is 0 Å². The van der Waals surface area contributed by atoms with Gasteiger partial charge in [-0.25, -0.2) is 14.8 Å². The molecule has 0 spiro atoms. The van der Waals surface area contributed by atoms with Crippen LogP contribution < -0.4 is 4.74 Å². The maximum Gasteiger partial charge on any atom is 0.349 e. The summed E-state index contributed by atoms with van der Waals surface area (Å²) in [5.74, 6) is -0.717. The molecule has 1 aromatic heterocycles. The van der Waals surface area contributed by atoms with Crippen molar-refractivity contribution in [3.05, 3.63) is 24.2 Å². The quantitative estimate of drug-likeness (QED) is 0.671. The molecule has 2 rings (SSSR count). The second kappa shape index (κ2) is 2.85. The van der Waals surface area contributed by atoms with Crippen molar-refractivity contribution in [3.8, 4) is 5.88 Å². The predicted molar refractivity (Wildman–Crippen MR) is 43.1 cm³/mol. The molecular formula is C8H6N2O3. The molecule has 5 heteroatoms. The first-order valence-electron chi connectivity index (χ1n) is 3.65. The summed E-state index contributed by atoms with van der Waals surface area (Å²) in [7, 11) is 0. The highest BCUT2D eigenvalue weighted by atomic mass is 16.5.